The highest BCUT2D eigenvalue weighted by Crippen LogP contribution is 2.38. The maximum Gasteiger partial charge on any atom is 0.251 e. The van der Waals surface area contributed by atoms with Crippen LogP contribution in [0.2, 0.25) is 0 Å². The highest BCUT2D eigenvalue weighted by atomic mass is 16.5. The molecule has 3 rings (SSSR count). The van der Waals surface area contributed by atoms with E-state index in [2.05, 4.69) is 23.6 Å². The van der Waals surface area contributed by atoms with E-state index in [1.807, 2.05) is 49.4 Å². The summed E-state index contributed by atoms with van der Waals surface area (Å²) in [5.74, 6) is 0.340. The second kappa shape index (κ2) is 8.12. The monoisotopic (exact) mass is 362 g/mol. The molecule has 0 spiro atoms. The number of carbonyl (C=O) groups excluding carboxylic acids is 1. The van der Waals surface area contributed by atoms with E-state index in [9.17, 15) is 4.79 Å². The number of amides is 1. The lowest BCUT2D eigenvalue weighted by atomic mass is 9.97. The molecule has 0 aliphatic carbocycles. The van der Waals surface area contributed by atoms with E-state index in [0.29, 0.717) is 12.1 Å². The molecule has 2 aromatic carbocycles. The van der Waals surface area contributed by atoms with Crippen molar-refractivity contribution in [2.45, 2.75) is 33.2 Å². The zero-order valence-corrected chi connectivity index (χ0v) is 16.2. The van der Waals surface area contributed by atoms with Crippen molar-refractivity contribution >= 4 is 5.91 Å². The number of primary amides is 1. The van der Waals surface area contributed by atoms with Crippen LogP contribution in [-0.4, -0.2) is 17.6 Å². The summed E-state index contributed by atoms with van der Waals surface area (Å²) >= 11 is 0. The Morgan fingerprint density at radius 2 is 1.74 bits per heavy atom. The van der Waals surface area contributed by atoms with Crippen LogP contribution < -0.4 is 10.5 Å². The van der Waals surface area contributed by atoms with Gasteiger partial charge in [0.2, 0.25) is 0 Å². The van der Waals surface area contributed by atoms with Crippen LogP contribution in [0.25, 0.3) is 11.1 Å². The summed E-state index contributed by atoms with van der Waals surface area (Å²) in [5.41, 5.74) is 11.4. The second-order valence-corrected chi connectivity index (χ2v) is 6.67. The number of carbonyl (C=O) groups is 1. The van der Waals surface area contributed by atoms with Gasteiger partial charge >= 0.3 is 0 Å². The minimum Gasteiger partial charge on any atom is -0.496 e. The minimum absolute atomic E-state index is 0.405. The van der Waals surface area contributed by atoms with Crippen molar-refractivity contribution in [3.05, 3.63) is 77.1 Å². The minimum atomic E-state index is -0.405. The first kappa shape index (κ1) is 18.8. The van der Waals surface area contributed by atoms with Crippen molar-refractivity contribution in [3.8, 4) is 16.9 Å². The Balaban J connectivity index is 2.28. The van der Waals surface area contributed by atoms with Gasteiger partial charge < -0.3 is 15.0 Å². The highest BCUT2D eigenvalue weighted by Gasteiger charge is 2.26. The fraction of sp³-hybridized carbons (Fsp3) is 0.261. The molecule has 0 radical (unpaired) electrons. The van der Waals surface area contributed by atoms with E-state index in [1.54, 1.807) is 7.11 Å². The summed E-state index contributed by atoms with van der Waals surface area (Å²) in [6.45, 7) is 4.82. The van der Waals surface area contributed by atoms with Gasteiger partial charge in [0.1, 0.15) is 5.75 Å². The molecule has 140 valence electrons. The predicted octanol–water partition coefficient (Wildman–Crippen LogP) is 4.57. The number of rotatable bonds is 7. The SMILES string of the molecule is CCCc1c(-c2ccccc2OC)c(C(N)=O)c(C)n1Cc1ccccc1. The number of aromatic nitrogens is 1. The number of nitrogens with zero attached hydrogens (tertiary/aromatic N) is 1. The van der Waals surface area contributed by atoms with Crippen LogP contribution in [0.4, 0.5) is 0 Å². The van der Waals surface area contributed by atoms with Crippen molar-refractivity contribution in [2.24, 2.45) is 5.73 Å². The van der Waals surface area contributed by atoms with Crippen molar-refractivity contribution in [3.63, 3.8) is 0 Å². The van der Waals surface area contributed by atoms with Gasteiger partial charge in [-0.05, 0) is 25.0 Å². The van der Waals surface area contributed by atoms with Crippen molar-refractivity contribution < 1.29 is 9.53 Å². The van der Waals surface area contributed by atoms with E-state index < -0.39 is 5.91 Å². The van der Waals surface area contributed by atoms with Crippen molar-refractivity contribution in [1.82, 2.24) is 4.57 Å². The standard InChI is InChI=1S/C23H26N2O2/c1-4-10-19-22(18-13-8-9-14-20(18)27-3)21(23(24)26)16(2)25(19)15-17-11-6-5-7-12-17/h5-9,11-14H,4,10,15H2,1-3H3,(H2,24,26). The summed E-state index contributed by atoms with van der Waals surface area (Å²) in [6, 6.07) is 18.1. The average molecular weight is 362 g/mol. The van der Waals surface area contributed by atoms with Crippen LogP contribution >= 0.6 is 0 Å². The number of ether oxygens (including phenoxy) is 1. The third-order valence-corrected chi connectivity index (χ3v) is 4.92. The van der Waals surface area contributed by atoms with Crippen LogP contribution in [0.5, 0.6) is 5.75 Å². The molecule has 1 amide bonds. The number of hydrogen-bond acceptors (Lipinski definition) is 2. The number of benzene rings is 2. The maximum atomic E-state index is 12.4. The Labute approximate surface area is 160 Å². The van der Waals surface area contributed by atoms with Gasteiger partial charge in [0.05, 0.1) is 12.7 Å². The highest BCUT2D eigenvalue weighted by molar-refractivity contribution is 6.03. The first-order valence-corrected chi connectivity index (χ1v) is 9.27. The zero-order valence-electron chi connectivity index (χ0n) is 16.2. The molecule has 0 aliphatic rings. The number of nitrogens with two attached hydrogens (primary N) is 1. The molecule has 0 saturated carbocycles. The topological polar surface area (TPSA) is 57.2 Å². The molecule has 0 unspecified atom stereocenters. The molecule has 1 heterocycles. The molecule has 1 aromatic heterocycles. The molecule has 2 N–H and O–H groups in total. The van der Waals surface area contributed by atoms with Crippen LogP contribution in [0.3, 0.4) is 0 Å². The summed E-state index contributed by atoms with van der Waals surface area (Å²) in [4.78, 5) is 12.4. The van der Waals surface area contributed by atoms with E-state index in [-0.39, 0.29) is 0 Å². The summed E-state index contributed by atoms with van der Waals surface area (Å²) in [6.07, 6.45) is 1.83. The lowest BCUT2D eigenvalue weighted by molar-refractivity contribution is 0.1000. The number of para-hydroxylation sites is 1. The van der Waals surface area contributed by atoms with Gasteiger partial charge in [-0.2, -0.15) is 0 Å². The van der Waals surface area contributed by atoms with Gasteiger partial charge in [-0.15, -0.1) is 0 Å². The zero-order chi connectivity index (χ0) is 19.4. The second-order valence-electron chi connectivity index (χ2n) is 6.67. The Morgan fingerprint density at radius 3 is 2.37 bits per heavy atom. The first-order chi connectivity index (χ1) is 13.1. The van der Waals surface area contributed by atoms with E-state index in [4.69, 9.17) is 10.5 Å². The normalized spacial score (nSPS) is 10.8. The van der Waals surface area contributed by atoms with E-state index >= 15 is 0 Å². The summed E-state index contributed by atoms with van der Waals surface area (Å²) in [7, 11) is 1.65. The third-order valence-electron chi connectivity index (χ3n) is 4.92. The largest absolute Gasteiger partial charge is 0.496 e. The van der Waals surface area contributed by atoms with Crippen molar-refractivity contribution in [1.29, 1.82) is 0 Å². The molecule has 4 heteroatoms. The fourth-order valence-electron chi connectivity index (χ4n) is 3.72. The van der Waals surface area contributed by atoms with Gasteiger partial charge in [0, 0.05) is 29.1 Å². The van der Waals surface area contributed by atoms with Crippen LogP contribution in [-0.2, 0) is 13.0 Å². The smallest absolute Gasteiger partial charge is 0.251 e. The van der Waals surface area contributed by atoms with Crippen LogP contribution in [0.1, 0.15) is 40.7 Å². The Bertz CT molecular complexity index is 943. The van der Waals surface area contributed by atoms with Gasteiger partial charge in [-0.25, -0.2) is 0 Å². The lowest BCUT2D eigenvalue weighted by Crippen LogP contribution is -2.13. The number of methoxy groups -OCH3 is 1. The molecule has 27 heavy (non-hydrogen) atoms. The van der Waals surface area contributed by atoms with Crippen LogP contribution in [0, 0.1) is 6.92 Å². The summed E-state index contributed by atoms with van der Waals surface area (Å²) in [5, 5.41) is 0. The molecule has 3 aromatic rings. The van der Waals surface area contributed by atoms with E-state index in [1.165, 1.54) is 5.56 Å². The molecular weight excluding hydrogens is 336 g/mol. The maximum absolute atomic E-state index is 12.4. The molecule has 0 bridgehead atoms. The molecule has 4 nitrogen and oxygen atoms in total. The third kappa shape index (κ3) is 3.61. The Hall–Kier alpha value is -3.01. The quantitative estimate of drug-likeness (QED) is 0.669. The molecule has 0 atom stereocenters. The van der Waals surface area contributed by atoms with Gasteiger partial charge in [0.15, 0.2) is 0 Å². The van der Waals surface area contributed by atoms with Crippen molar-refractivity contribution in [2.75, 3.05) is 7.11 Å². The molecule has 0 saturated heterocycles. The molecular formula is C23H26N2O2. The Morgan fingerprint density at radius 1 is 1.07 bits per heavy atom. The summed E-state index contributed by atoms with van der Waals surface area (Å²) < 4.78 is 7.80. The molecule has 0 fully saturated rings. The first-order valence-electron chi connectivity index (χ1n) is 9.27. The number of hydrogen-bond donors (Lipinski definition) is 1. The van der Waals surface area contributed by atoms with Gasteiger partial charge in [-0.3, -0.25) is 4.79 Å². The Kier molecular flexibility index (Phi) is 5.65. The predicted molar refractivity (Wildman–Crippen MR) is 109 cm³/mol. The average Bonchev–Trinajstić information content (AvgIpc) is 2.95. The van der Waals surface area contributed by atoms with Gasteiger partial charge in [0.25, 0.3) is 5.91 Å². The fourth-order valence-corrected chi connectivity index (χ4v) is 3.72. The van der Waals surface area contributed by atoms with Gasteiger partial charge in [-0.1, -0.05) is 61.9 Å². The van der Waals surface area contributed by atoms with E-state index in [0.717, 1.165) is 41.1 Å². The van der Waals surface area contributed by atoms with Crippen LogP contribution in [0.15, 0.2) is 54.6 Å². The molecule has 0 aliphatic heterocycles. The lowest BCUT2D eigenvalue weighted by Gasteiger charge is -2.14.